The highest BCUT2D eigenvalue weighted by atomic mass is 16.5. The second-order valence-electron chi connectivity index (χ2n) is 6.83. The van der Waals surface area contributed by atoms with Crippen LogP contribution in [0.3, 0.4) is 0 Å². The molecule has 6 nitrogen and oxygen atoms in total. The van der Waals surface area contributed by atoms with Crippen LogP contribution in [0.25, 0.3) is 11.3 Å². The zero-order valence-electron chi connectivity index (χ0n) is 16.0. The molecule has 3 aromatic rings. The van der Waals surface area contributed by atoms with Crippen molar-refractivity contribution in [2.24, 2.45) is 0 Å². The highest BCUT2D eigenvalue weighted by Crippen LogP contribution is 2.34. The van der Waals surface area contributed by atoms with E-state index in [0.717, 1.165) is 47.7 Å². The third kappa shape index (κ3) is 3.45. The van der Waals surface area contributed by atoms with E-state index in [4.69, 9.17) is 9.47 Å². The van der Waals surface area contributed by atoms with Gasteiger partial charge in [0.15, 0.2) is 0 Å². The van der Waals surface area contributed by atoms with Crippen molar-refractivity contribution in [3.05, 3.63) is 65.9 Å². The highest BCUT2D eigenvalue weighted by molar-refractivity contribution is 5.94. The van der Waals surface area contributed by atoms with Gasteiger partial charge >= 0.3 is 0 Å². The summed E-state index contributed by atoms with van der Waals surface area (Å²) >= 11 is 0. The van der Waals surface area contributed by atoms with Gasteiger partial charge in [0.2, 0.25) is 0 Å². The van der Waals surface area contributed by atoms with Crippen LogP contribution in [0.5, 0.6) is 11.5 Å². The molecule has 0 radical (unpaired) electrons. The number of carbonyl (C=O) groups is 1. The third-order valence-corrected chi connectivity index (χ3v) is 5.19. The SMILES string of the molecule is COc1ccc(-c2cc(C(=O)N3CCCC3c3cccc(OC)c3)[nH]n2)cc1. The van der Waals surface area contributed by atoms with Crippen LogP contribution in [0.15, 0.2) is 54.6 Å². The summed E-state index contributed by atoms with van der Waals surface area (Å²) in [7, 11) is 3.29. The number of ether oxygens (including phenoxy) is 2. The summed E-state index contributed by atoms with van der Waals surface area (Å²) in [4.78, 5) is 15.1. The minimum atomic E-state index is -0.0300. The van der Waals surface area contributed by atoms with Gasteiger partial charge in [-0.05, 0) is 60.9 Å². The van der Waals surface area contributed by atoms with Crippen molar-refractivity contribution in [2.45, 2.75) is 18.9 Å². The molecule has 28 heavy (non-hydrogen) atoms. The van der Waals surface area contributed by atoms with Gasteiger partial charge in [-0.2, -0.15) is 5.10 Å². The van der Waals surface area contributed by atoms with Crippen LogP contribution in [-0.2, 0) is 0 Å². The van der Waals surface area contributed by atoms with Crippen LogP contribution in [0.1, 0.15) is 34.9 Å². The lowest BCUT2D eigenvalue weighted by Gasteiger charge is -2.24. The number of likely N-dealkylation sites (tertiary alicyclic amines) is 1. The van der Waals surface area contributed by atoms with E-state index in [1.54, 1.807) is 14.2 Å². The fourth-order valence-electron chi connectivity index (χ4n) is 3.70. The molecule has 1 saturated heterocycles. The molecule has 1 aliphatic rings. The van der Waals surface area contributed by atoms with Crippen LogP contribution in [0.4, 0.5) is 0 Å². The number of carbonyl (C=O) groups excluding carboxylic acids is 1. The summed E-state index contributed by atoms with van der Waals surface area (Å²) in [6.07, 6.45) is 1.92. The molecule has 0 aliphatic carbocycles. The van der Waals surface area contributed by atoms with Gasteiger partial charge in [-0.25, -0.2) is 0 Å². The summed E-state index contributed by atoms with van der Waals surface area (Å²) in [5.74, 6) is 1.56. The molecular formula is C22H23N3O3. The van der Waals surface area contributed by atoms with Crippen molar-refractivity contribution in [2.75, 3.05) is 20.8 Å². The number of methoxy groups -OCH3 is 2. The van der Waals surface area contributed by atoms with Crippen LogP contribution in [-0.4, -0.2) is 41.8 Å². The number of nitrogens with one attached hydrogen (secondary N) is 1. The maximum Gasteiger partial charge on any atom is 0.272 e. The first-order valence-electron chi connectivity index (χ1n) is 9.34. The Balaban J connectivity index is 1.55. The molecule has 1 N–H and O–H groups in total. The summed E-state index contributed by atoms with van der Waals surface area (Å²) < 4.78 is 10.5. The Hall–Kier alpha value is -3.28. The topological polar surface area (TPSA) is 67.4 Å². The number of aromatic nitrogens is 2. The Morgan fingerprint density at radius 2 is 1.86 bits per heavy atom. The Labute approximate surface area is 164 Å². The van der Waals surface area contributed by atoms with Crippen LogP contribution in [0, 0.1) is 0 Å². The maximum absolute atomic E-state index is 13.1. The molecule has 1 unspecified atom stereocenters. The van der Waals surface area contributed by atoms with Gasteiger partial charge in [-0.15, -0.1) is 0 Å². The predicted octanol–water partition coefficient (Wildman–Crippen LogP) is 4.07. The molecule has 144 valence electrons. The lowest BCUT2D eigenvalue weighted by molar-refractivity contribution is 0.0729. The molecule has 0 saturated carbocycles. The number of benzene rings is 2. The predicted molar refractivity (Wildman–Crippen MR) is 107 cm³/mol. The molecule has 2 aromatic carbocycles. The number of hydrogen-bond donors (Lipinski definition) is 1. The second kappa shape index (κ2) is 7.76. The Bertz CT molecular complexity index is 965. The van der Waals surface area contributed by atoms with E-state index in [9.17, 15) is 4.79 Å². The van der Waals surface area contributed by atoms with E-state index in [2.05, 4.69) is 16.3 Å². The summed E-state index contributed by atoms with van der Waals surface area (Å²) in [5.41, 5.74) is 3.27. The van der Waals surface area contributed by atoms with Crippen LogP contribution >= 0.6 is 0 Å². The lowest BCUT2D eigenvalue weighted by Crippen LogP contribution is -2.30. The molecule has 1 atom stereocenters. The molecule has 4 rings (SSSR count). The smallest absolute Gasteiger partial charge is 0.272 e. The van der Waals surface area contributed by atoms with Gasteiger partial charge < -0.3 is 14.4 Å². The van der Waals surface area contributed by atoms with E-state index in [-0.39, 0.29) is 11.9 Å². The van der Waals surface area contributed by atoms with E-state index >= 15 is 0 Å². The van der Waals surface area contributed by atoms with Crippen molar-refractivity contribution < 1.29 is 14.3 Å². The Morgan fingerprint density at radius 1 is 1.07 bits per heavy atom. The number of rotatable bonds is 5. The van der Waals surface area contributed by atoms with E-state index < -0.39 is 0 Å². The quantitative estimate of drug-likeness (QED) is 0.728. The number of hydrogen-bond acceptors (Lipinski definition) is 4. The lowest BCUT2D eigenvalue weighted by atomic mass is 10.0. The molecule has 0 bridgehead atoms. The van der Waals surface area contributed by atoms with Gasteiger partial charge in [0.05, 0.1) is 26.0 Å². The van der Waals surface area contributed by atoms with Gasteiger partial charge in [0, 0.05) is 12.1 Å². The zero-order chi connectivity index (χ0) is 19.5. The fourth-order valence-corrected chi connectivity index (χ4v) is 3.70. The van der Waals surface area contributed by atoms with Gasteiger partial charge in [0.25, 0.3) is 5.91 Å². The average Bonchev–Trinajstić information content (AvgIpc) is 3.43. The largest absolute Gasteiger partial charge is 0.497 e. The molecule has 1 aliphatic heterocycles. The monoisotopic (exact) mass is 377 g/mol. The minimum absolute atomic E-state index is 0.0300. The Morgan fingerprint density at radius 3 is 2.61 bits per heavy atom. The Kier molecular flexibility index (Phi) is 5.02. The van der Waals surface area contributed by atoms with Crippen LogP contribution in [0.2, 0.25) is 0 Å². The van der Waals surface area contributed by atoms with E-state index in [1.807, 2.05) is 53.4 Å². The minimum Gasteiger partial charge on any atom is -0.497 e. The van der Waals surface area contributed by atoms with Crippen molar-refractivity contribution in [3.63, 3.8) is 0 Å². The number of nitrogens with zero attached hydrogens (tertiary/aromatic N) is 2. The summed E-state index contributed by atoms with van der Waals surface area (Å²) in [5, 5.41) is 7.23. The molecule has 1 fully saturated rings. The fraction of sp³-hybridized carbons (Fsp3) is 0.273. The highest BCUT2D eigenvalue weighted by Gasteiger charge is 2.31. The number of amides is 1. The molecule has 0 spiro atoms. The van der Waals surface area contributed by atoms with Crippen LogP contribution < -0.4 is 9.47 Å². The summed E-state index contributed by atoms with van der Waals surface area (Å²) in [6, 6.07) is 17.4. The third-order valence-electron chi connectivity index (χ3n) is 5.19. The van der Waals surface area contributed by atoms with Gasteiger partial charge in [0.1, 0.15) is 17.2 Å². The number of aromatic amines is 1. The first kappa shape index (κ1) is 18.1. The normalized spacial score (nSPS) is 16.2. The zero-order valence-corrected chi connectivity index (χ0v) is 16.0. The van der Waals surface area contributed by atoms with Gasteiger partial charge in [-0.3, -0.25) is 9.89 Å². The van der Waals surface area contributed by atoms with Crippen molar-refractivity contribution in [3.8, 4) is 22.8 Å². The molecule has 1 aromatic heterocycles. The maximum atomic E-state index is 13.1. The second-order valence-corrected chi connectivity index (χ2v) is 6.83. The summed E-state index contributed by atoms with van der Waals surface area (Å²) in [6.45, 7) is 0.734. The molecule has 2 heterocycles. The van der Waals surface area contributed by atoms with Crippen molar-refractivity contribution in [1.29, 1.82) is 0 Å². The average molecular weight is 377 g/mol. The van der Waals surface area contributed by atoms with Crippen molar-refractivity contribution in [1.82, 2.24) is 15.1 Å². The molecular weight excluding hydrogens is 354 g/mol. The van der Waals surface area contributed by atoms with Gasteiger partial charge in [-0.1, -0.05) is 12.1 Å². The van der Waals surface area contributed by atoms with E-state index in [0.29, 0.717) is 5.69 Å². The van der Waals surface area contributed by atoms with E-state index in [1.165, 1.54) is 0 Å². The first-order valence-corrected chi connectivity index (χ1v) is 9.34. The number of H-pyrrole nitrogens is 1. The first-order chi connectivity index (χ1) is 13.7. The van der Waals surface area contributed by atoms with Crippen molar-refractivity contribution >= 4 is 5.91 Å². The standard InChI is InChI=1S/C22H23N3O3/c1-27-17-10-8-15(9-11-17)19-14-20(24-23-19)22(26)25-12-4-7-21(25)16-5-3-6-18(13-16)28-2/h3,5-6,8-11,13-14,21H,4,7,12H2,1-2H3,(H,23,24). The molecule has 6 heteroatoms. The molecule has 1 amide bonds.